The second kappa shape index (κ2) is 4.27. The van der Waals surface area contributed by atoms with Gasteiger partial charge >= 0.3 is 5.63 Å². The number of ketones is 1. The Morgan fingerprint density at radius 1 is 1.09 bits per heavy atom. The number of pyridine rings is 1. The van der Waals surface area contributed by atoms with Crippen LogP contribution >= 0.6 is 0 Å². The molecule has 1 aliphatic carbocycles. The number of rotatable bonds is 0. The van der Waals surface area contributed by atoms with Crippen LogP contribution in [0.25, 0.3) is 27.4 Å². The fourth-order valence-electron chi connectivity index (χ4n) is 3.16. The van der Waals surface area contributed by atoms with Gasteiger partial charge in [-0.25, -0.2) is 4.79 Å². The Hall–Kier alpha value is -2.95. The predicted octanol–water partition coefficient (Wildman–Crippen LogP) is 2.16. The monoisotopic (exact) mass is 293 g/mol. The molecular formula is C17H11NO4. The Labute approximate surface area is 123 Å². The lowest BCUT2D eigenvalue weighted by Gasteiger charge is -2.16. The number of hydrogen-bond donors (Lipinski definition) is 1. The number of carbonyl (C=O) groups is 1. The van der Waals surface area contributed by atoms with E-state index in [9.17, 15) is 14.4 Å². The van der Waals surface area contributed by atoms with Crippen LogP contribution in [0.3, 0.4) is 0 Å². The first-order chi connectivity index (χ1) is 10.5. The van der Waals surface area contributed by atoms with Crippen LogP contribution in [-0.2, 0) is 11.2 Å². The third-order valence-electron chi connectivity index (χ3n) is 4.00. The maximum Gasteiger partial charge on any atom is 0.336 e. The van der Waals surface area contributed by atoms with E-state index in [0.29, 0.717) is 33.2 Å². The molecule has 5 heteroatoms. The average Bonchev–Trinajstić information content (AvgIpc) is 2.45. The van der Waals surface area contributed by atoms with Gasteiger partial charge in [-0.15, -0.1) is 0 Å². The first-order valence-electron chi connectivity index (χ1n) is 6.88. The van der Waals surface area contributed by atoms with Gasteiger partial charge in [0, 0.05) is 34.3 Å². The summed E-state index contributed by atoms with van der Waals surface area (Å²) >= 11 is 0. The van der Waals surface area contributed by atoms with Gasteiger partial charge in [-0.3, -0.25) is 9.59 Å². The van der Waals surface area contributed by atoms with E-state index in [-0.39, 0.29) is 17.8 Å². The first-order valence-corrected chi connectivity index (χ1v) is 6.88. The molecule has 2 heterocycles. The Balaban J connectivity index is 2.29. The number of H-pyrrole nitrogens is 1. The van der Waals surface area contributed by atoms with Crippen LogP contribution in [0, 0.1) is 0 Å². The summed E-state index contributed by atoms with van der Waals surface area (Å²) in [6, 6.07) is 6.35. The minimum Gasteiger partial charge on any atom is -0.423 e. The fraction of sp³-hybridized carbons (Fsp3) is 0.118. The summed E-state index contributed by atoms with van der Waals surface area (Å²) in [4.78, 5) is 38.4. The van der Waals surface area contributed by atoms with E-state index in [1.54, 1.807) is 25.1 Å². The lowest BCUT2D eigenvalue weighted by molar-refractivity contribution is -0.114. The summed E-state index contributed by atoms with van der Waals surface area (Å²) in [6.07, 6.45) is 1.67. The number of hydrogen-bond acceptors (Lipinski definition) is 4. The normalized spacial score (nSPS) is 14.2. The molecule has 3 aromatic rings. The van der Waals surface area contributed by atoms with Gasteiger partial charge in [0.05, 0.1) is 0 Å². The Bertz CT molecular complexity index is 1120. The number of nitrogens with one attached hydrogen (secondary N) is 1. The van der Waals surface area contributed by atoms with Gasteiger partial charge in [0.15, 0.2) is 5.78 Å². The summed E-state index contributed by atoms with van der Waals surface area (Å²) < 4.78 is 5.20. The lowest BCUT2D eigenvalue weighted by atomic mass is 9.88. The van der Waals surface area contributed by atoms with Crippen molar-refractivity contribution in [2.75, 3.05) is 0 Å². The highest BCUT2D eigenvalue weighted by Crippen LogP contribution is 2.32. The van der Waals surface area contributed by atoms with E-state index in [2.05, 4.69) is 4.98 Å². The number of carbonyl (C=O) groups excluding carboxylic acids is 1. The molecule has 108 valence electrons. The van der Waals surface area contributed by atoms with Crippen molar-refractivity contribution in [3.05, 3.63) is 62.2 Å². The molecule has 4 rings (SSSR count). The second-order valence-electron chi connectivity index (χ2n) is 5.43. The molecule has 5 nitrogen and oxygen atoms in total. The van der Waals surface area contributed by atoms with E-state index in [1.807, 2.05) is 0 Å². The first kappa shape index (κ1) is 12.8. The predicted molar refractivity (Wildman–Crippen MR) is 83.0 cm³/mol. The topological polar surface area (TPSA) is 80.1 Å². The molecule has 0 spiro atoms. The SMILES string of the molecule is CC1=CC(=O)Cc2c1c(=O)[nH]c1ccc3oc(=O)ccc3c21. The number of fused-ring (bicyclic) bond motifs is 5. The minimum absolute atomic E-state index is 0.0358. The van der Waals surface area contributed by atoms with Crippen LogP contribution in [0.2, 0.25) is 0 Å². The quantitative estimate of drug-likeness (QED) is 0.509. The molecule has 1 aromatic carbocycles. The van der Waals surface area contributed by atoms with Crippen molar-refractivity contribution in [2.45, 2.75) is 13.3 Å². The van der Waals surface area contributed by atoms with E-state index in [4.69, 9.17) is 4.42 Å². The Morgan fingerprint density at radius 2 is 1.91 bits per heavy atom. The molecule has 0 saturated heterocycles. The van der Waals surface area contributed by atoms with E-state index in [0.717, 1.165) is 5.39 Å². The van der Waals surface area contributed by atoms with Crippen molar-refractivity contribution < 1.29 is 9.21 Å². The van der Waals surface area contributed by atoms with Crippen molar-refractivity contribution in [1.82, 2.24) is 4.98 Å². The van der Waals surface area contributed by atoms with E-state index in [1.165, 1.54) is 12.1 Å². The average molecular weight is 293 g/mol. The number of aromatic amines is 1. The maximum atomic E-state index is 12.3. The molecule has 0 amide bonds. The van der Waals surface area contributed by atoms with Crippen LogP contribution in [0.5, 0.6) is 0 Å². The fourth-order valence-corrected chi connectivity index (χ4v) is 3.16. The smallest absolute Gasteiger partial charge is 0.336 e. The van der Waals surface area contributed by atoms with Gasteiger partial charge < -0.3 is 9.40 Å². The molecule has 0 atom stereocenters. The summed E-state index contributed by atoms with van der Waals surface area (Å²) in [5.74, 6) is -0.0358. The number of allylic oxidation sites excluding steroid dienone is 2. The summed E-state index contributed by atoms with van der Waals surface area (Å²) in [7, 11) is 0. The summed E-state index contributed by atoms with van der Waals surface area (Å²) in [5.41, 5.74) is 2.32. The maximum absolute atomic E-state index is 12.3. The number of benzene rings is 1. The van der Waals surface area contributed by atoms with Crippen LogP contribution in [0.1, 0.15) is 18.1 Å². The van der Waals surface area contributed by atoms with Gasteiger partial charge in [0.1, 0.15) is 5.58 Å². The van der Waals surface area contributed by atoms with Crippen molar-refractivity contribution in [3.63, 3.8) is 0 Å². The third kappa shape index (κ3) is 1.69. The lowest BCUT2D eigenvalue weighted by Crippen LogP contribution is -2.20. The highest BCUT2D eigenvalue weighted by molar-refractivity contribution is 6.11. The third-order valence-corrected chi connectivity index (χ3v) is 4.00. The zero-order valence-electron chi connectivity index (χ0n) is 11.7. The van der Waals surface area contributed by atoms with E-state index < -0.39 is 5.63 Å². The van der Waals surface area contributed by atoms with Gasteiger partial charge in [-0.05, 0) is 42.3 Å². The van der Waals surface area contributed by atoms with Crippen LogP contribution in [-0.4, -0.2) is 10.8 Å². The zero-order valence-corrected chi connectivity index (χ0v) is 11.7. The van der Waals surface area contributed by atoms with Crippen molar-refractivity contribution in [3.8, 4) is 0 Å². The molecule has 0 unspecified atom stereocenters. The van der Waals surface area contributed by atoms with Gasteiger partial charge in [0.25, 0.3) is 5.56 Å². The molecule has 0 fully saturated rings. The zero-order chi connectivity index (χ0) is 15.4. The van der Waals surface area contributed by atoms with Crippen molar-refractivity contribution in [1.29, 1.82) is 0 Å². The standard InChI is InChI=1S/C17H11NO4/c1-8-6-9(19)7-11-15(8)17(21)18-12-3-4-13-10(16(11)12)2-5-14(20)22-13/h2-6H,7H2,1H3,(H,18,21). The highest BCUT2D eigenvalue weighted by atomic mass is 16.4. The summed E-state index contributed by atoms with van der Waals surface area (Å²) in [6.45, 7) is 1.75. The van der Waals surface area contributed by atoms with E-state index >= 15 is 0 Å². The Morgan fingerprint density at radius 3 is 2.73 bits per heavy atom. The second-order valence-corrected chi connectivity index (χ2v) is 5.43. The molecule has 0 aliphatic heterocycles. The van der Waals surface area contributed by atoms with Gasteiger partial charge in [-0.1, -0.05) is 0 Å². The number of aromatic nitrogens is 1. The largest absolute Gasteiger partial charge is 0.423 e. The van der Waals surface area contributed by atoms with Crippen LogP contribution < -0.4 is 11.2 Å². The highest BCUT2D eigenvalue weighted by Gasteiger charge is 2.22. The summed E-state index contributed by atoms with van der Waals surface area (Å²) in [5, 5.41) is 1.48. The molecule has 1 aliphatic rings. The van der Waals surface area contributed by atoms with Crippen molar-refractivity contribution >= 4 is 33.2 Å². The van der Waals surface area contributed by atoms with Gasteiger partial charge in [0.2, 0.25) is 0 Å². The van der Waals surface area contributed by atoms with Crippen molar-refractivity contribution in [2.24, 2.45) is 0 Å². The molecule has 0 saturated carbocycles. The Kier molecular flexibility index (Phi) is 2.48. The molecular weight excluding hydrogens is 282 g/mol. The van der Waals surface area contributed by atoms with Crippen LogP contribution in [0.4, 0.5) is 0 Å². The molecule has 0 radical (unpaired) electrons. The van der Waals surface area contributed by atoms with Gasteiger partial charge in [-0.2, -0.15) is 0 Å². The molecule has 2 aromatic heterocycles. The minimum atomic E-state index is -0.433. The molecule has 0 bridgehead atoms. The molecule has 22 heavy (non-hydrogen) atoms. The molecule has 1 N–H and O–H groups in total. The van der Waals surface area contributed by atoms with Crippen LogP contribution in [0.15, 0.2) is 44.3 Å².